The molecule has 1 unspecified atom stereocenters. The first-order valence-corrected chi connectivity index (χ1v) is 6.79. The molecule has 3 N–H and O–H groups in total. The first kappa shape index (κ1) is 14.7. The molecule has 0 radical (unpaired) electrons. The second-order valence-electron chi connectivity index (χ2n) is 6.22. The monoisotopic (exact) mass is 277 g/mol. The Morgan fingerprint density at radius 3 is 2.85 bits per heavy atom. The molecule has 1 heterocycles. The van der Waals surface area contributed by atoms with Gasteiger partial charge in [-0.15, -0.1) is 0 Å². The van der Waals surface area contributed by atoms with Crippen molar-refractivity contribution in [3.05, 3.63) is 23.8 Å². The number of hydrogen-bond donors (Lipinski definition) is 2. The van der Waals surface area contributed by atoms with Gasteiger partial charge in [-0.2, -0.15) is 0 Å². The molecule has 0 aromatic heterocycles. The fraction of sp³-hybridized carbons (Fsp3) is 0.533. The van der Waals surface area contributed by atoms with Gasteiger partial charge in [-0.05, 0) is 46.1 Å². The van der Waals surface area contributed by atoms with E-state index in [1.807, 2.05) is 51.0 Å². The van der Waals surface area contributed by atoms with E-state index < -0.39 is 0 Å². The van der Waals surface area contributed by atoms with Crippen LogP contribution in [-0.2, 0) is 4.79 Å². The molecular weight excluding hydrogens is 254 g/mol. The Morgan fingerprint density at radius 1 is 1.50 bits per heavy atom. The molecule has 0 fully saturated rings. The lowest BCUT2D eigenvalue weighted by Crippen LogP contribution is -2.43. The van der Waals surface area contributed by atoms with Crippen LogP contribution in [0.4, 0.5) is 5.69 Å². The van der Waals surface area contributed by atoms with Gasteiger partial charge in [-0.25, -0.2) is 0 Å². The molecule has 0 bridgehead atoms. The molecule has 0 saturated carbocycles. The van der Waals surface area contributed by atoms with E-state index >= 15 is 0 Å². The number of nitrogens with one attached hydrogen (secondary N) is 1. The number of nitrogen functional groups attached to an aromatic ring is 1. The quantitative estimate of drug-likeness (QED) is 0.823. The third-order valence-electron chi connectivity index (χ3n) is 3.29. The number of ether oxygens (including phenoxy) is 1. The molecule has 1 atom stereocenters. The van der Waals surface area contributed by atoms with Gasteiger partial charge in [0, 0.05) is 17.7 Å². The summed E-state index contributed by atoms with van der Waals surface area (Å²) in [4.78, 5) is 13.8. The lowest BCUT2D eigenvalue weighted by molar-refractivity contribution is -0.122. The Morgan fingerprint density at radius 2 is 2.20 bits per heavy atom. The summed E-state index contributed by atoms with van der Waals surface area (Å²) in [6.07, 6.45) is 0.725. The molecule has 1 amide bonds. The van der Waals surface area contributed by atoms with Crippen molar-refractivity contribution in [1.29, 1.82) is 0 Å². The molecule has 0 saturated heterocycles. The molecule has 1 aliphatic rings. The van der Waals surface area contributed by atoms with Gasteiger partial charge in [0.25, 0.3) is 0 Å². The van der Waals surface area contributed by atoms with Gasteiger partial charge in [0.1, 0.15) is 11.4 Å². The van der Waals surface area contributed by atoms with Crippen LogP contribution in [0.25, 0.3) is 0 Å². The van der Waals surface area contributed by atoms with Crippen LogP contribution >= 0.6 is 0 Å². The normalized spacial score (nSPS) is 20.1. The maximum atomic E-state index is 12.0. The van der Waals surface area contributed by atoms with Crippen molar-refractivity contribution in [1.82, 2.24) is 10.2 Å². The van der Waals surface area contributed by atoms with Crippen LogP contribution in [0, 0.1) is 0 Å². The predicted molar refractivity (Wildman–Crippen MR) is 79.6 cm³/mol. The first-order chi connectivity index (χ1) is 9.27. The highest BCUT2D eigenvalue weighted by molar-refractivity contribution is 5.78. The van der Waals surface area contributed by atoms with Crippen LogP contribution in [-0.4, -0.2) is 37.0 Å². The number of amides is 1. The van der Waals surface area contributed by atoms with Crippen LogP contribution in [0.5, 0.6) is 5.75 Å². The number of nitrogens with two attached hydrogens (primary N) is 1. The van der Waals surface area contributed by atoms with Gasteiger partial charge in [0.05, 0.1) is 12.6 Å². The van der Waals surface area contributed by atoms with Crippen LogP contribution in [0.3, 0.4) is 0 Å². The van der Waals surface area contributed by atoms with Gasteiger partial charge in [-0.1, -0.05) is 0 Å². The molecule has 5 heteroatoms. The van der Waals surface area contributed by atoms with Crippen LogP contribution < -0.4 is 15.8 Å². The number of nitrogens with zero attached hydrogens (tertiary/aromatic N) is 1. The topological polar surface area (TPSA) is 67.6 Å². The highest BCUT2D eigenvalue weighted by Crippen LogP contribution is 2.40. The number of hydrogen-bond acceptors (Lipinski definition) is 4. The van der Waals surface area contributed by atoms with Crippen molar-refractivity contribution in [2.75, 3.05) is 26.4 Å². The van der Waals surface area contributed by atoms with E-state index in [-0.39, 0.29) is 17.6 Å². The molecule has 1 aromatic carbocycles. The Hall–Kier alpha value is -1.75. The van der Waals surface area contributed by atoms with Crippen molar-refractivity contribution < 1.29 is 9.53 Å². The van der Waals surface area contributed by atoms with E-state index in [4.69, 9.17) is 10.5 Å². The van der Waals surface area contributed by atoms with Gasteiger partial charge >= 0.3 is 0 Å². The summed E-state index contributed by atoms with van der Waals surface area (Å²) >= 11 is 0. The summed E-state index contributed by atoms with van der Waals surface area (Å²) in [6, 6.07) is 5.51. The maximum absolute atomic E-state index is 12.0. The van der Waals surface area contributed by atoms with Crippen molar-refractivity contribution in [2.24, 2.45) is 0 Å². The SMILES string of the molecule is CN(C)CC(=O)NC1CC(C)(C)Oc2ccc(N)cc21. The highest BCUT2D eigenvalue weighted by Gasteiger charge is 2.34. The molecule has 0 spiro atoms. The Labute approximate surface area is 120 Å². The lowest BCUT2D eigenvalue weighted by atomic mass is 9.89. The van der Waals surface area contributed by atoms with Gasteiger partial charge in [-0.3, -0.25) is 4.79 Å². The van der Waals surface area contributed by atoms with Crippen molar-refractivity contribution >= 4 is 11.6 Å². The number of carbonyl (C=O) groups excluding carboxylic acids is 1. The Bertz CT molecular complexity index is 512. The predicted octanol–water partition coefficient (Wildman–Crippen LogP) is 1.55. The van der Waals surface area contributed by atoms with E-state index in [1.165, 1.54) is 0 Å². The van der Waals surface area contributed by atoms with Crippen LogP contribution in [0.1, 0.15) is 31.9 Å². The van der Waals surface area contributed by atoms with Crippen molar-refractivity contribution in [2.45, 2.75) is 31.9 Å². The number of likely N-dealkylation sites (N-methyl/N-ethyl adjacent to an activating group) is 1. The minimum Gasteiger partial charge on any atom is -0.487 e. The molecule has 2 rings (SSSR count). The fourth-order valence-electron chi connectivity index (χ4n) is 2.53. The third-order valence-corrected chi connectivity index (χ3v) is 3.29. The smallest absolute Gasteiger partial charge is 0.234 e. The van der Waals surface area contributed by atoms with E-state index in [9.17, 15) is 4.79 Å². The van der Waals surface area contributed by atoms with Gasteiger partial charge in [0.2, 0.25) is 5.91 Å². The minimum absolute atomic E-state index is 0.00562. The minimum atomic E-state index is -0.306. The molecule has 1 aliphatic heterocycles. The van der Waals surface area contributed by atoms with Crippen molar-refractivity contribution in [3.63, 3.8) is 0 Å². The van der Waals surface area contributed by atoms with Gasteiger partial charge in [0.15, 0.2) is 0 Å². The zero-order valence-corrected chi connectivity index (χ0v) is 12.6. The Balaban J connectivity index is 2.24. The second-order valence-corrected chi connectivity index (χ2v) is 6.22. The van der Waals surface area contributed by atoms with Gasteiger partial charge < -0.3 is 20.7 Å². The summed E-state index contributed by atoms with van der Waals surface area (Å²) in [5.41, 5.74) is 7.17. The first-order valence-electron chi connectivity index (χ1n) is 6.79. The standard InChI is InChI=1S/C15H23N3O2/c1-15(2)8-12(17-14(19)9-18(3)4)11-7-10(16)5-6-13(11)20-15/h5-7,12H,8-9,16H2,1-4H3,(H,17,19). The molecule has 1 aromatic rings. The van der Waals surface area contributed by atoms with E-state index in [2.05, 4.69) is 5.32 Å². The number of fused-ring (bicyclic) bond motifs is 1. The van der Waals surface area contributed by atoms with Crippen molar-refractivity contribution in [3.8, 4) is 5.75 Å². The zero-order chi connectivity index (χ0) is 14.9. The van der Waals surface area contributed by atoms with E-state index in [0.29, 0.717) is 12.2 Å². The number of anilines is 1. The molecular formula is C15H23N3O2. The number of benzene rings is 1. The maximum Gasteiger partial charge on any atom is 0.234 e. The summed E-state index contributed by atoms with van der Waals surface area (Å²) in [5.74, 6) is 0.802. The molecule has 110 valence electrons. The van der Waals surface area contributed by atoms with E-state index in [0.717, 1.165) is 17.7 Å². The summed E-state index contributed by atoms with van der Waals surface area (Å²) in [6.45, 7) is 4.42. The average molecular weight is 277 g/mol. The number of rotatable bonds is 3. The van der Waals surface area contributed by atoms with E-state index in [1.54, 1.807) is 0 Å². The average Bonchev–Trinajstić information content (AvgIpc) is 2.28. The van der Waals surface area contributed by atoms with Crippen LogP contribution in [0.2, 0.25) is 0 Å². The molecule has 5 nitrogen and oxygen atoms in total. The third kappa shape index (κ3) is 3.42. The summed E-state index contributed by atoms with van der Waals surface area (Å²) in [5, 5.41) is 3.07. The largest absolute Gasteiger partial charge is 0.487 e. The molecule has 0 aliphatic carbocycles. The second kappa shape index (κ2) is 5.32. The summed E-state index contributed by atoms with van der Waals surface area (Å²) in [7, 11) is 3.75. The summed E-state index contributed by atoms with van der Waals surface area (Å²) < 4.78 is 5.95. The van der Waals surface area contributed by atoms with Crippen LogP contribution in [0.15, 0.2) is 18.2 Å². The molecule has 20 heavy (non-hydrogen) atoms. The number of carbonyl (C=O) groups is 1. The fourth-order valence-corrected chi connectivity index (χ4v) is 2.53. The lowest BCUT2D eigenvalue weighted by Gasteiger charge is -2.38. The zero-order valence-electron chi connectivity index (χ0n) is 12.6. The highest BCUT2D eigenvalue weighted by atomic mass is 16.5. The Kier molecular flexibility index (Phi) is 3.90.